The maximum Gasteiger partial charge on any atom is 0.276 e. The lowest BCUT2D eigenvalue weighted by Gasteiger charge is -2.36. The number of aromatic nitrogens is 1. The molecule has 1 saturated heterocycles. The van der Waals surface area contributed by atoms with Crippen molar-refractivity contribution in [2.75, 3.05) is 11.1 Å². The summed E-state index contributed by atoms with van der Waals surface area (Å²) < 4.78 is 11.3. The summed E-state index contributed by atoms with van der Waals surface area (Å²) in [5, 5.41) is 24.5. The van der Waals surface area contributed by atoms with Gasteiger partial charge in [0.2, 0.25) is 0 Å². The van der Waals surface area contributed by atoms with Crippen LogP contribution in [0, 0.1) is 5.21 Å². The average molecular weight is 570 g/mol. The maximum atomic E-state index is 12.0. The first-order chi connectivity index (χ1) is 17.2. The Morgan fingerprint density at radius 2 is 1.75 bits per heavy atom. The number of carbonyl (C=O) groups excluding carboxylic acids is 1. The van der Waals surface area contributed by atoms with Crippen LogP contribution in [0.3, 0.4) is 0 Å². The highest BCUT2D eigenvalue weighted by Gasteiger charge is 2.33. The van der Waals surface area contributed by atoms with Crippen LogP contribution in [0.4, 0.5) is 5.69 Å². The molecule has 1 aromatic heterocycles. The molecule has 11 heteroatoms. The summed E-state index contributed by atoms with van der Waals surface area (Å²) in [6.45, 7) is -0.0375. The molecule has 0 radical (unpaired) electrons. The number of anilines is 1. The van der Waals surface area contributed by atoms with Gasteiger partial charge in [0.1, 0.15) is 0 Å². The summed E-state index contributed by atoms with van der Waals surface area (Å²) >= 11 is 18.3. The molecule has 2 heterocycles. The second kappa shape index (κ2) is 12.0. The Morgan fingerprint density at radius 3 is 2.39 bits per heavy atom. The van der Waals surface area contributed by atoms with Crippen molar-refractivity contribution in [3.05, 3.63) is 94.8 Å². The Kier molecular flexibility index (Phi) is 9.00. The van der Waals surface area contributed by atoms with Crippen LogP contribution in [0.1, 0.15) is 35.5 Å². The van der Waals surface area contributed by atoms with Gasteiger partial charge in [0, 0.05) is 35.6 Å². The highest BCUT2D eigenvalue weighted by molar-refractivity contribution is 7.99. The number of amides is 1. The summed E-state index contributed by atoms with van der Waals surface area (Å²) in [6.07, 6.45) is 0.899. The van der Waals surface area contributed by atoms with Crippen molar-refractivity contribution in [2.24, 2.45) is 0 Å². The number of alkyl halides is 3. The number of benzene rings is 2. The van der Waals surface area contributed by atoms with Crippen LogP contribution in [-0.2, 0) is 20.9 Å². The van der Waals surface area contributed by atoms with Crippen LogP contribution in [0.2, 0.25) is 0 Å². The Balaban J connectivity index is 1.51. The number of carbonyl (C=O) groups is 1. The quantitative estimate of drug-likeness (QED) is 0.170. The molecule has 1 aliphatic heterocycles. The second-order valence-electron chi connectivity index (χ2n) is 8.10. The molecule has 0 saturated carbocycles. The standard InChI is InChI=1S/C25H23Cl3N2O5S/c26-25(27,28)24(32)29-19-10-8-18(9-11-19)23-34-20(15-36-22-3-1-2-12-30(22)33)13-21(35-23)17-6-4-16(14-31)5-7-17/h1-12,20-21,23,31H,13-15H2,(H,29,32)/t20-,21+,23+/m1/s1. The van der Waals surface area contributed by atoms with E-state index in [2.05, 4.69) is 5.32 Å². The number of halogens is 3. The first-order valence-electron chi connectivity index (χ1n) is 11.0. The van der Waals surface area contributed by atoms with Gasteiger partial charge < -0.3 is 25.1 Å². The van der Waals surface area contributed by atoms with Gasteiger partial charge in [-0.15, -0.1) is 0 Å². The largest absolute Gasteiger partial charge is 0.618 e. The Bertz CT molecular complexity index is 1180. The monoisotopic (exact) mass is 568 g/mol. The lowest BCUT2D eigenvalue weighted by atomic mass is 10.0. The van der Waals surface area contributed by atoms with Crippen molar-refractivity contribution in [3.63, 3.8) is 0 Å². The molecule has 0 bridgehead atoms. The molecule has 1 amide bonds. The summed E-state index contributed by atoms with van der Waals surface area (Å²) in [5.41, 5.74) is 2.97. The first kappa shape index (κ1) is 27.0. The number of hydrogen-bond acceptors (Lipinski definition) is 6. The summed E-state index contributed by atoms with van der Waals surface area (Å²) in [7, 11) is 0. The van der Waals surface area contributed by atoms with Crippen molar-refractivity contribution >= 4 is 58.2 Å². The third-order valence-corrected chi connectivity index (χ3v) is 7.18. The fourth-order valence-corrected chi connectivity index (χ4v) is 4.73. The molecular formula is C25H23Cl3N2O5S. The zero-order valence-corrected chi connectivity index (χ0v) is 21.9. The molecule has 3 aromatic rings. The molecule has 3 atom stereocenters. The number of thioether (sulfide) groups is 1. The topological polar surface area (TPSA) is 94.7 Å². The minimum Gasteiger partial charge on any atom is -0.618 e. The number of pyridine rings is 1. The van der Waals surface area contributed by atoms with Gasteiger partial charge in [0.15, 0.2) is 12.5 Å². The zero-order valence-electron chi connectivity index (χ0n) is 18.9. The smallest absolute Gasteiger partial charge is 0.276 e. The van der Waals surface area contributed by atoms with E-state index in [-0.39, 0.29) is 18.8 Å². The fraction of sp³-hybridized carbons (Fsp3) is 0.280. The van der Waals surface area contributed by atoms with Crippen molar-refractivity contribution in [1.29, 1.82) is 0 Å². The summed E-state index contributed by atoms with van der Waals surface area (Å²) in [5.74, 6) is -0.209. The van der Waals surface area contributed by atoms with E-state index < -0.39 is 16.0 Å². The number of nitrogens with one attached hydrogen (secondary N) is 1. The highest BCUT2D eigenvalue weighted by atomic mass is 35.6. The Morgan fingerprint density at radius 1 is 1.06 bits per heavy atom. The van der Waals surface area contributed by atoms with Crippen LogP contribution < -0.4 is 10.0 Å². The van der Waals surface area contributed by atoms with Crippen molar-refractivity contribution in [1.82, 2.24) is 0 Å². The third-order valence-electron chi connectivity index (χ3n) is 5.52. The number of rotatable bonds is 7. The summed E-state index contributed by atoms with van der Waals surface area (Å²) in [6, 6.07) is 19.7. The average Bonchev–Trinajstić information content (AvgIpc) is 2.88. The van der Waals surface area contributed by atoms with E-state index in [0.717, 1.165) is 21.4 Å². The number of hydrogen-bond donors (Lipinski definition) is 2. The van der Waals surface area contributed by atoms with Crippen molar-refractivity contribution in [3.8, 4) is 0 Å². The van der Waals surface area contributed by atoms with Crippen molar-refractivity contribution in [2.45, 2.75) is 40.3 Å². The molecule has 36 heavy (non-hydrogen) atoms. The number of aliphatic hydroxyl groups is 1. The van der Waals surface area contributed by atoms with Crippen molar-refractivity contribution < 1.29 is 24.1 Å². The number of aliphatic hydroxyl groups excluding tert-OH is 1. The minimum atomic E-state index is -2.07. The zero-order chi connectivity index (χ0) is 25.7. The molecule has 0 aliphatic carbocycles. The van der Waals surface area contributed by atoms with E-state index in [1.54, 1.807) is 36.4 Å². The molecular weight excluding hydrogens is 547 g/mol. The Labute approximate surface area is 227 Å². The van der Waals surface area contributed by atoms with Crippen LogP contribution in [0.15, 0.2) is 78.0 Å². The lowest BCUT2D eigenvalue weighted by Crippen LogP contribution is -2.32. The van der Waals surface area contributed by atoms with Gasteiger partial charge in [-0.3, -0.25) is 4.79 Å². The van der Waals surface area contributed by atoms with Crippen LogP contribution in [0.5, 0.6) is 0 Å². The lowest BCUT2D eigenvalue weighted by molar-refractivity contribution is -0.645. The van der Waals surface area contributed by atoms with E-state index >= 15 is 0 Å². The normalized spacial score (nSPS) is 20.2. The fourth-order valence-electron chi connectivity index (χ4n) is 3.65. The van der Waals surface area contributed by atoms with Gasteiger partial charge in [-0.25, -0.2) is 0 Å². The van der Waals surface area contributed by atoms with Crippen LogP contribution in [0.25, 0.3) is 0 Å². The predicted molar refractivity (Wildman–Crippen MR) is 140 cm³/mol. The molecule has 0 spiro atoms. The molecule has 1 aliphatic rings. The van der Waals surface area contributed by atoms with Gasteiger partial charge >= 0.3 is 0 Å². The van der Waals surface area contributed by atoms with E-state index in [1.165, 1.54) is 18.0 Å². The molecule has 2 aromatic carbocycles. The summed E-state index contributed by atoms with van der Waals surface area (Å²) in [4.78, 5) is 11.9. The molecule has 7 nitrogen and oxygen atoms in total. The van der Waals surface area contributed by atoms with Gasteiger partial charge in [-0.2, -0.15) is 4.73 Å². The van der Waals surface area contributed by atoms with Crippen LogP contribution in [-0.4, -0.2) is 26.7 Å². The molecule has 190 valence electrons. The van der Waals surface area contributed by atoms with E-state index in [9.17, 15) is 15.1 Å². The SMILES string of the molecule is O=C(Nc1ccc([C@H]2O[C@@H](CSc3cccc[n+]3[O-])C[C@@H](c3ccc(CO)cc3)O2)cc1)C(Cl)(Cl)Cl. The number of ether oxygens (including phenoxy) is 2. The molecule has 2 N–H and O–H groups in total. The second-order valence-corrected chi connectivity index (χ2v) is 11.4. The van der Waals surface area contributed by atoms with E-state index in [4.69, 9.17) is 44.3 Å². The third kappa shape index (κ3) is 7.04. The molecule has 0 unspecified atom stereocenters. The van der Waals surface area contributed by atoms with Crippen LogP contribution >= 0.6 is 46.6 Å². The molecule has 1 fully saturated rings. The maximum absolute atomic E-state index is 12.0. The Hall–Kier alpha value is -2.04. The van der Waals surface area contributed by atoms with E-state index in [1.807, 2.05) is 30.3 Å². The highest BCUT2D eigenvalue weighted by Crippen LogP contribution is 2.39. The first-order valence-corrected chi connectivity index (χ1v) is 13.1. The van der Waals surface area contributed by atoms with E-state index in [0.29, 0.717) is 22.9 Å². The number of nitrogens with zero attached hydrogens (tertiary/aromatic N) is 1. The predicted octanol–water partition coefficient (Wildman–Crippen LogP) is 5.46. The van der Waals surface area contributed by atoms with Gasteiger partial charge in [0.05, 0.1) is 18.8 Å². The van der Waals surface area contributed by atoms with Gasteiger partial charge in [-0.05, 0) is 29.3 Å². The van der Waals surface area contributed by atoms with Gasteiger partial charge in [0.25, 0.3) is 14.7 Å². The molecule has 4 rings (SSSR count). The minimum absolute atomic E-state index is 0.0375. The van der Waals surface area contributed by atoms with Gasteiger partial charge in [-0.1, -0.05) is 83.0 Å².